The Labute approximate surface area is 135 Å². The van der Waals surface area contributed by atoms with Crippen LogP contribution in [0.25, 0.3) is 0 Å². The second-order valence-corrected chi connectivity index (χ2v) is 6.28. The van der Waals surface area contributed by atoms with E-state index in [9.17, 15) is 13.2 Å². The van der Waals surface area contributed by atoms with E-state index in [1.165, 1.54) is 12.1 Å². The molecule has 0 saturated heterocycles. The smallest absolute Gasteiger partial charge is 0.159 e. The summed E-state index contributed by atoms with van der Waals surface area (Å²) < 4.78 is 41.4. The maximum Gasteiger partial charge on any atom is 0.159 e. The van der Waals surface area contributed by atoms with Crippen molar-refractivity contribution in [1.82, 2.24) is 0 Å². The van der Waals surface area contributed by atoms with Gasteiger partial charge in [-0.05, 0) is 42.3 Å². The van der Waals surface area contributed by atoms with Gasteiger partial charge in [-0.3, -0.25) is 0 Å². The summed E-state index contributed by atoms with van der Waals surface area (Å²) in [4.78, 5) is 0. The first kappa shape index (κ1) is 17.0. The summed E-state index contributed by atoms with van der Waals surface area (Å²) in [7, 11) is 0. The molecule has 0 saturated carbocycles. The third-order valence-electron chi connectivity index (χ3n) is 3.84. The van der Waals surface area contributed by atoms with Crippen LogP contribution < -0.4 is 11.5 Å². The molecule has 2 unspecified atom stereocenters. The largest absolute Gasteiger partial charge is 0.330 e. The predicted molar refractivity (Wildman–Crippen MR) is 83.8 cm³/mol. The molecule has 0 heterocycles. The lowest BCUT2D eigenvalue weighted by Gasteiger charge is -2.34. The lowest BCUT2D eigenvalue weighted by molar-refractivity contribution is 0.379. The molecule has 2 atom stereocenters. The van der Waals surface area contributed by atoms with Gasteiger partial charge in [0.25, 0.3) is 0 Å². The van der Waals surface area contributed by atoms with Gasteiger partial charge < -0.3 is 11.5 Å². The molecule has 6 heteroatoms. The van der Waals surface area contributed by atoms with Crippen LogP contribution in [0.2, 0.25) is 0 Å². The lowest BCUT2D eigenvalue weighted by Crippen LogP contribution is -2.43. The van der Waals surface area contributed by atoms with Gasteiger partial charge in [0.15, 0.2) is 11.6 Å². The number of hydrogen-bond acceptors (Lipinski definition) is 2. The molecule has 0 aliphatic rings. The zero-order chi connectivity index (χ0) is 16.5. The quantitative estimate of drug-likeness (QED) is 0.857. The second kappa shape index (κ2) is 6.40. The Bertz CT molecular complexity index is 689. The molecule has 0 aliphatic carbocycles. The molecule has 2 aromatic rings. The van der Waals surface area contributed by atoms with E-state index >= 15 is 0 Å². The summed E-state index contributed by atoms with van der Waals surface area (Å²) in [5, 5.41) is 0. The molecule has 4 N–H and O–H groups in total. The molecule has 0 aromatic heterocycles. The molecule has 118 valence electrons. The highest BCUT2D eigenvalue weighted by atomic mass is 79.9. The van der Waals surface area contributed by atoms with Gasteiger partial charge in [0.05, 0.1) is 0 Å². The molecular weight excluding hydrogens is 357 g/mol. The molecule has 0 spiro atoms. The van der Waals surface area contributed by atoms with Crippen LogP contribution in [0, 0.1) is 17.5 Å². The Balaban J connectivity index is 2.50. The normalized spacial score (nSPS) is 15.4. The fourth-order valence-electron chi connectivity index (χ4n) is 2.51. The first-order valence-corrected chi connectivity index (χ1v) is 7.46. The Hall–Kier alpha value is -1.37. The molecule has 0 fully saturated rings. The molecule has 2 nitrogen and oxygen atoms in total. The maximum atomic E-state index is 14.2. The summed E-state index contributed by atoms with van der Waals surface area (Å²) in [6.45, 7) is 1.68. The number of hydrogen-bond donors (Lipinski definition) is 2. The Morgan fingerprint density at radius 3 is 2.27 bits per heavy atom. The van der Waals surface area contributed by atoms with E-state index in [1.54, 1.807) is 19.1 Å². The molecule has 0 aliphatic heterocycles. The van der Waals surface area contributed by atoms with Gasteiger partial charge in [-0.25, -0.2) is 13.2 Å². The van der Waals surface area contributed by atoms with Crippen molar-refractivity contribution in [2.75, 3.05) is 6.54 Å². The van der Waals surface area contributed by atoms with Crippen molar-refractivity contribution in [1.29, 1.82) is 0 Å². The molecule has 0 bridgehead atoms. The molecule has 2 aromatic carbocycles. The highest BCUT2D eigenvalue weighted by molar-refractivity contribution is 9.10. The first-order valence-electron chi connectivity index (χ1n) is 6.66. The number of nitrogens with two attached hydrogens (primary N) is 2. The lowest BCUT2D eigenvalue weighted by atomic mass is 9.76. The molecule has 2 rings (SSSR count). The number of benzene rings is 2. The van der Waals surface area contributed by atoms with Crippen molar-refractivity contribution in [3.63, 3.8) is 0 Å². The number of rotatable bonds is 4. The minimum Gasteiger partial charge on any atom is -0.330 e. The van der Waals surface area contributed by atoms with E-state index in [1.807, 2.05) is 0 Å². The van der Waals surface area contributed by atoms with Crippen LogP contribution in [0.15, 0.2) is 40.9 Å². The zero-order valence-corrected chi connectivity index (χ0v) is 13.5. The van der Waals surface area contributed by atoms with Crippen LogP contribution in [-0.2, 0) is 5.54 Å². The van der Waals surface area contributed by atoms with Crippen molar-refractivity contribution in [3.8, 4) is 0 Å². The van der Waals surface area contributed by atoms with Gasteiger partial charge in [-0.15, -0.1) is 0 Å². The van der Waals surface area contributed by atoms with Gasteiger partial charge in [-0.2, -0.15) is 0 Å². The fraction of sp³-hybridized carbons (Fsp3) is 0.250. The van der Waals surface area contributed by atoms with Crippen LogP contribution >= 0.6 is 15.9 Å². The average Bonchev–Trinajstić information content (AvgIpc) is 2.44. The van der Waals surface area contributed by atoms with E-state index in [0.717, 1.165) is 12.1 Å². The van der Waals surface area contributed by atoms with Crippen LogP contribution in [0.3, 0.4) is 0 Å². The summed E-state index contributed by atoms with van der Waals surface area (Å²) >= 11 is 3.19. The monoisotopic (exact) mass is 372 g/mol. The number of halogens is 4. The first-order chi connectivity index (χ1) is 10.3. The summed E-state index contributed by atoms with van der Waals surface area (Å²) in [5.74, 6) is -3.01. The zero-order valence-electron chi connectivity index (χ0n) is 11.9. The van der Waals surface area contributed by atoms with Gasteiger partial charge in [0, 0.05) is 22.5 Å². The van der Waals surface area contributed by atoms with E-state index in [4.69, 9.17) is 11.5 Å². The summed E-state index contributed by atoms with van der Waals surface area (Å²) in [5.41, 5.74) is 11.6. The van der Waals surface area contributed by atoms with Gasteiger partial charge in [0.1, 0.15) is 5.82 Å². The van der Waals surface area contributed by atoms with Crippen molar-refractivity contribution in [2.45, 2.75) is 18.4 Å². The topological polar surface area (TPSA) is 52.0 Å². The summed E-state index contributed by atoms with van der Waals surface area (Å²) in [6.07, 6.45) is 0. The SMILES string of the molecule is CC(N)(c1ccc(F)c(F)c1)C(CN)c1ccc(Br)cc1F. The summed E-state index contributed by atoms with van der Waals surface area (Å²) in [6, 6.07) is 8.00. The van der Waals surface area contributed by atoms with Gasteiger partial charge in [-0.1, -0.05) is 28.1 Å². The van der Waals surface area contributed by atoms with Crippen molar-refractivity contribution in [3.05, 3.63) is 69.4 Å². The van der Waals surface area contributed by atoms with Crippen LogP contribution in [-0.4, -0.2) is 6.54 Å². The fourth-order valence-corrected chi connectivity index (χ4v) is 2.84. The minimum absolute atomic E-state index is 0.0601. The predicted octanol–water partition coefficient (Wildman–Crippen LogP) is 3.78. The van der Waals surface area contributed by atoms with Gasteiger partial charge >= 0.3 is 0 Å². The van der Waals surface area contributed by atoms with E-state index < -0.39 is 28.9 Å². The van der Waals surface area contributed by atoms with E-state index in [-0.39, 0.29) is 6.54 Å². The Morgan fingerprint density at radius 1 is 1.05 bits per heavy atom. The molecule has 0 radical (unpaired) electrons. The third kappa shape index (κ3) is 3.19. The van der Waals surface area contributed by atoms with E-state index in [0.29, 0.717) is 15.6 Å². The van der Waals surface area contributed by atoms with Crippen LogP contribution in [0.4, 0.5) is 13.2 Å². The Morgan fingerprint density at radius 2 is 1.73 bits per heavy atom. The highest BCUT2D eigenvalue weighted by Crippen LogP contribution is 2.36. The third-order valence-corrected chi connectivity index (χ3v) is 4.33. The minimum atomic E-state index is -1.15. The van der Waals surface area contributed by atoms with E-state index in [2.05, 4.69) is 15.9 Å². The van der Waals surface area contributed by atoms with Crippen LogP contribution in [0.1, 0.15) is 24.0 Å². The molecule has 0 amide bonds. The van der Waals surface area contributed by atoms with Crippen LogP contribution in [0.5, 0.6) is 0 Å². The average molecular weight is 373 g/mol. The standard InChI is InChI=1S/C16H16BrF3N2/c1-16(22,9-2-5-13(18)15(20)6-9)12(8-21)11-4-3-10(17)7-14(11)19/h2-7,12H,8,21-22H2,1H3. The maximum absolute atomic E-state index is 14.2. The Kier molecular flexibility index (Phi) is 4.94. The molecular formula is C16H16BrF3N2. The van der Waals surface area contributed by atoms with Gasteiger partial charge in [0.2, 0.25) is 0 Å². The molecule has 22 heavy (non-hydrogen) atoms. The van der Waals surface area contributed by atoms with Crippen molar-refractivity contribution >= 4 is 15.9 Å². The van der Waals surface area contributed by atoms with Crippen molar-refractivity contribution < 1.29 is 13.2 Å². The highest BCUT2D eigenvalue weighted by Gasteiger charge is 2.34. The second-order valence-electron chi connectivity index (χ2n) is 5.37. The van der Waals surface area contributed by atoms with Crippen molar-refractivity contribution in [2.24, 2.45) is 11.5 Å².